The van der Waals surface area contributed by atoms with E-state index in [1.807, 2.05) is 0 Å². The number of aromatic nitrogens is 1. The molecular formula is C14H12FNO3. The van der Waals surface area contributed by atoms with Gasteiger partial charge in [-0.2, -0.15) is 0 Å². The van der Waals surface area contributed by atoms with Crippen LogP contribution >= 0.6 is 0 Å². The number of carboxylic acid groups (broad SMARTS) is 1. The molecule has 0 aliphatic rings. The zero-order valence-electron chi connectivity index (χ0n) is 10.3. The van der Waals surface area contributed by atoms with Crippen molar-refractivity contribution >= 4 is 5.97 Å². The zero-order valence-corrected chi connectivity index (χ0v) is 10.3. The number of methoxy groups -OCH3 is 1. The highest BCUT2D eigenvalue weighted by atomic mass is 19.1. The molecule has 5 heteroatoms. The number of rotatable bonds is 4. The van der Waals surface area contributed by atoms with E-state index in [2.05, 4.69) is 4.98 Å². The fraction of sp³-hybridized carbons (Fsp3) is 0.143. The summed E-state index contributed by atoms with van der Waals surface area (Å²) < 4.78 is 18.8. The van der Waals surface area contributed by atoms with Gasteiger partial charge in [0.15, 0.2) is 0 Å². The molecule has 0 bridgehead atoms. The molecule has 1 aromatic carbocycles. The van der Waals surface area contributed by atoms with Crippen LogP contribution in [0.5, 0.6) is 5.88 Å². The number of benzene rings is 1. The predicted octanol–water partition coefficient (Wildman–Crippen LogP) is 2.52. The van der Waals surface area contributed by atoms with Gasteiger partial charge in [0.25, 0.3) is 0 Å². The Morgan fingerprint density at radius 1 is 1.26 bits per heavy atom. The first kappa shape index (κ1) is 13.0. The number of nitrogens with zero attached hydrogens (tertiary/aromatic N) is 1. The van der Waals surface area contributed by atoms with Crippen molar-refractivity contribution in [1.82, 2.24) is 4.98 Å². The lowest BCUT2D eigenvalue weighted by molar-refractivity contribution is -0.136. The molecule has 2 rings (SSSR count). The second-order valence-electron chi connectivity index (χ2n) is 3.91. The van der Waals surface area contributed by atoms with Crippen molar-refractivity contribution in [3.8, 4) is 17.0 Å². The molecule has 2 aromatic rings. The van der Waals surface area contributed by atoms with Crippen molar-refractivity contribution in [3.05, 3.63) is 47.9 Å². The Balaban J connectivity index is 2.47. The van der Waals surface area contributed by atoms with Crippen LogP contribution in [-0.4, -0.2) is 23.2 Å². The van der Waals surface area contributed by atoms with Gasteiger partial charge >= 0.3 is 5.97 Å². The van der Waals surface area contributed by atoms with Crippen LogP contribution < -0.4 is 4.74 Å². The minimum Gasteiger partial charge on any atom is -0.481 e. The molecule has 0 atom stereocenters. The van der Waals surface area contributed by atoms with Gasteiger partial charge in [0.2, 0.25) is 5.88 Å². The van der Waals surface area contributed by atoms with Gasteiger partial charge in [0.1, 0.15) is 5.82 Å². The molecule has 1 N–H and O–H groups in total. The second kappa shape index (κ2) is 5.48. The van der Waals surface area contributed by atoms with E-state index in [-0.39, 0.29) is 18.1 Å². The van der Waals surface area contributed by atoms with Crippen molar-refractivity contribution < 1.29 is 19.0 Å². The standard InChI is InChI=1S/C14H12FNO3/c1-19-14-11(10-4-2-3-5-12(10)15)7-6-9(16-14)8-13(17)18/h2-7H,8H2,1H3,(H,17,18). The van der Waals surface area contributed by atoms with Gasteiger partial charge in [-0.3, -0.25) is 4.79 Å². The van der Waals surface area contributed by atoms with E-state index in [1.165, 1.54) is 13.2 Å². The summed E-state index contributed by atoms with van der Waals surface area (Å²) in [7, 11) is 1.41. The molecule has 0 saturated carbocycles. The Kier molecular flexibility index (Phi) is 3.75. The maximum absolute atomic E-state index is 13.7. The Bertz CT molecular complexity index is 613. The summed E-state index contributed by atoms with van der Waals surface area (Å²) in [5, 5.41) is 8.72. The predicted molar refractivity (Wildman–Crippen MR) is 67.5 cm³/mol. The number of aliphatic carboxylic acids is 1. The van der Waals surface area contributed by atoms with Crippen LogP contribution in [0.25, 0.3) is 11.1 Å². The number of carbonyl (C=O) groups is 1. The van der Waals surface area contributed by atoms with E-state index in [0.29, 0.717) is 16.8 Å². The fourth-order valence-corrected chi connectivity index (χ4v) is 1.77. The lowest BCUT2D eigenvalue weighted by Gasteiger charge is -2.09. The Morgan fingerprint density at radius 3 is 2.63 bits per heavy atom. The largest absolute Gasteiger partial charge is 0.481 e. The highest BCUT2D eigenvalue weighted by Crippen LogP contribution is 2.30. The third-order valence-corrected chi connectivity index (χ3v) is 2.61. The molecule has 98 valence electrons. The highest BCUT2D eigenvalue weighted by Gasteiger charge is 2.13. The number of pyridine rings is 1. The smallest absolute Gasteiger partial charge is 0.309 e. The van der Waals surface area contributed by atoms with Gasteiger partial charge < -0.3 is 9.84 Å². The summed E-state index contributed by atoms with van der Waals surface area (Å²) in [5.41, 5.74) is 1.23. The van der Waals surface area contributed by atoms with Gasteiger partial charge in [-0.25, -0.2) is 9.37 Å². The van der Waals surface area contributed by atoms with Crippen molar-refractivity contribution in [2.75, 3.05) is 7.11 Å². The van der Waals surface area contributed by atoms with Crippen molar-refractivity contribution in [1.29, 1.82) is 0 Å². The first-order valence-corrected chi connectivity index (χ1v) is 5.62. The lowest BCUT2D eigenvalue weighted by atomic mass is 10.1. The Labute approximate surface area is 109 Å². The summed E-state index contributed by atoms with van der Waals surface area (Å²) in [6.45, 7) is 0. The van der Waals surface area contributed by atoms with Gasteiger partial charge in [-0.1, -0.05) is 18.2 Å². The number of hydrogen-bond acceptors (Lipinski definition) is 3. The molecule has 0 amide bonds. The zero-order chi connectivity index (χ0) is 13.8. The highest BCUT2D eigenvalue weighted by molar-refractivity contribution is 5.72. The van der Waals surface area contributed by atoms with E-state index in [4.69, 9.17) is 9.84 Å². The van der Waals surface area contributed by atoms with Crippen LogP contribution in [0, 0.1) is 5.82 Å². The van der Waals surface area contributed by atoms with Crippen molar-refractivity contribution in [2.45, 2.75) is 6.42 Å². The molecule has 0 aliphatic carbocycles. The normalized spacial score (nSPS) is 10.2. The number of carboxylic acids is 1. The third-order valence-electron chi connectivity index (χ3n) is 2.61. The maximum Gasteiger partial charge on any atom is 0.309 e. The molecule has 1 aromatic heterocycles. The van der Waals surface area contributed by atoms with Gasteiger partial charge in [0, 0.05) is 11.1 Å². The first-order valence-electron chi connectivity index (χ1n) is 5.62. The van der Waals surface area contributed by atoms with E-state index >= 15 is 0 Å². The molecule has 0 aliphatic heterocycles. The SMILES string of the molecule is COc1nc(CC(=O)O)ccc1-c1ccccc1F. The molecule has 1 heterocycles. The summed E-state index contributed by atoms with van der Waals surface area (Å²) >= 11 is 0. The summed E-state index contributed by atoms with van der Waals surface area (Å²) in [5.74, 6) is -1.15. The quantitative estimate of drug-likeness (QED) is 0.918. The average Bonchev–Trinajstić information content (AvgIpc) is 2.39. The Morgan fingerprint density at radius 2 is 2.00 bits per heavy atom. The van der Waals surface area contributed by atoms with E-state index in [1.54, 1.807) is 30.3 Å². The molecule has 0 unspecified atom stereocenters. The van der Waals surface area contributed by atoms with Crippen LogP contribution in [-0.2, 0) is 11.2 Å². The molecule has 0 spiro atoms. The lowest BCUT2D eigenvalue weighted by Crippen LogP contribution is -2.04. The summed E-state index contributed by atoms with van der Waals surface area (Å²) in [6.07, 6.45) is -0.200. The van der Waals surface area contributed by atoms with E-state index < -0.39 is 5.97 Å². The molecule has 0 saturated heterocycles. The van der Waals surface area contributed by atoms with Crippen LogP contribution in [0.4, 0.5) is 4.39 Å². The molecule has 4 nitrogen and oxygen atoms in total. The summed E-state index contributed by atoms with van der Waals surface area (Å²) in [6, 6.07) is 9.44. The van der Waals surface area contributed by atoms with Crippen molar-refractivity contribution in [2.24, 2.45) is 0 Å². The fourth-order valence-electron chi connectivity index (χ4n) is 1.77. The molecule has 19 heavy (non-hydrogen) atoms. The Hall–Kier alpha value is -2.43. The number of halogens is 1. The van der Waals surface area contributed by atoms with Gasteiger partial charge in [0.05, 0.1) is 19.2 Å². The molecular weight excluding hydrogens is 249 g/mol. The van der Waals surface area contributed by atoms with E-state index in [9.17, 15) is 9.18 Å². The number of hydrogen-bond donors (Lipinski definition) is 1. The van der Waals surface area contributed by atoms with Crippen LogP contribution in [0.2, 0.25) is 0 Å². The average molecular weight is 261 g/mol. The minimum absolute atomic E-state index is 0.200. The van der Waals surface area contributed by atoms with E-state index in [0.717, 1.165) is 0 Å². The first-order chi connectivity index (χ1) is 9.11. The van der Waals surface area contributed by atoms with Crippen LogP contribution in [0.3, 0.4) is 0 Å². The molecule has 0 radical (unpaired) electrons. The maximum atomic E-state index is 13.7. The third kappa shape index (κ3) is 2.88. The van der Waals surface area contributed by atoms with Crippen molar-refractivity contribution in [3.63, 3.8) is 0 Å². The molecule has 0 fully saturated rings. The monoisotopic (exact) mass is 261 g/mol. The minimum atomic E-state index is -0.979. The van der Waals surface area contributed by atoms with Crippen LogP contribution in [0.15, 0.2) is 36.4 Å². The van der Waals surface area contributed by atoms with Crippen LogP contribution in [0.1, 0.15) is 5.69 Å². The second-order valence-corrected chi connectivity index (χ2v) is 3.91. The number of ether oxygens (including phenoxy) is 1. The summed E-state index contributed by atoms with van der Waals surface area (Å²) in [4.78, 5) is 14.7. The topological polar surface area (TPSA) is 59.4 Å². The van der Waals surface area contributed by atoms with Gasteiger partial charge in [-0.05, 0) is 18.2 Å². The van der Waals surface area contributed by atoms with Gasteiger partial charge in [-0.15, -0.1) is 0 Å².